The number of piperidine rings is 1. The first-order valence-electron chi connectivity index (χ1n) is 12.2. The minimum atomic E-state index is -0.335. The maximum absolute atomic E-state index is 6.68. The van der Waals surface area contributed by atoms with Gasteiger partial charge in [-0.2, -0.15) is 5.06 Å². The Hall–Kier alpha value is -2.54. The van der Waals surface area contributed by atoms with Crippen molar-refractivity contribution in [2.45, 2.75) is 62.6 Å². The molecule has 3 fully saturated rings. The summed E-state index contributed by atoms with van der Waals surface area (Å²) < 4.78 is 19.6. The first-order chi connectivity index (χ1) is 16.8. The maximum atomic E-state index is 6.68. The maximum Gasteiger partial charge on any atom is 0.109 e. The molecule has 34 heavy (non-hydrogen) atoms. The van der Waals surface area contributed by atoms with Crippen molar-refractivity contribution >= 4 is 0 Å². The second-order valence-electron chi connectivity index (χ2n) is 9.62. The SMILES string of the molecule is c1ccc(COC[C@]23C[C@@H]4C[C@H]([C@@H](OCc5ccccc5)[C@@H]2OCc2ccccc2)N3O4)cc1. The lowest BCUT2D eigenvalue weighted by Gasteiger charge is -2.36. The number of fused-ring (bicyclic) bond motifs is 1. The fourth-order valence-corrected chi connectivity index (χ4v) is 5.80. The highest BCUT2D eigenvalue weighted by Crippen LogP contribution is 2.54. The van der Waals surface area contributed by atoms with Crippen LogP contribution in [0.25, 0.3) is 0 Å². The van der Waals surface area contributed by atoms with Gasteiger partial charge in [0.25, 0.3) is 0 Å². The summed E-state index contributed by atoms with van der Waals surface area (Å²) in [5.74, 6) is 0. The van der Waals surface area contributed by atoms with Crippen LogP contribution < -0.4 is 0 Å². The number of hydrogen-bond donors (Lipinski definition) is 0. The first-order valence-corrected chi connectivity index (χ1v) is 12.2. The predicted molar refractivity (Wildman–Crippen MR) is 129 cm³/mol. The molecule has 0 aromatic heterocycles. The van der Waals surface area contributed by atoms with Crippen LogP contribution in [0.4, 0.5) is 0 Å². The third-order valence-electron chi connectivity index (χ3n) is 7.32. The number of rotatable bonds is 10. The summed E-state index contributed by atoms with van der Waals surface area (Å²) in [7, 11) is 0. The molecule has 0 spiro atoms. The molecule has 6 rings (SSSR count). The zero-order valence-electron chi connectivity index (χ0n) is 19.3. The van der Waals surface area contributed by atoms with Gasteiger partial charge in [0.05, 0.1) is 38.6 Å². The zero-order valence-corrected chi connectivity index (χ0v) is 19.3. The zero-order chi connectivity index (χ0) is 22.8. The van der Waals surface area contributed by atoms with Gasteiger partial charge in [-0.3, -0.25) is 4.84 Å². The van der Waals surface area contributed by atoms with Gasteiger partial charge in [-0.25, -0.2) is 0 Å². The van der Waals surface area contributed by atoms with Crippen LogP contribution in [-0.2, 0) is 38.9 Å². The molecular formula is C29H31NO4. The standard InChI is InChI=1S/C29H31NO4/c1-4-10-22(11-5-1)18-31-21-29-17-25-16-26(30(29)34-25)27(32-19-23-12-6-2-7-13-23)28(29)33-20-24-14-8-3-9-15-24/h1-15,25-28H,16-21H2/t25-,26+,27+,28-,29+/m0/s1. The number of ether oxygens (including phenoxy) is 3. The Labute approximate surface area is 201 Å². The Kier molecular flexibility index (Phi) is 6.20. The predicted octanol–water partition coefficient (Wildman–Crippen LogP) is 4.90. The van der Waals surface area contributed by atoms with Crippen LogP contribution >= 0.6 is 0 Å². The van der Waals surface area contributed by atoms with Crippen molar-refractivity contribution in [3.8, 4) is 0 Å². The van der Waals surface area contributed by atoms with Gasteiger partial charge >= 0.3 is 0 Å². The van der Waals surface area contributed by atoms with Crippen LogP contribution in [0.1, 0.15) is 29.5 Å². The van der Waals surface area contributed by atoms with Crippen molar-refractivity contribution in [2.24, 2.45) is 0 Å². The van der Waals surface area contributed by atoms with Gasteiger partial charge in [-0.1, -0.05) is 91.0 Å². The summed E-state index contributed by atoms with van der Waals surface area (Å²) in [5.41, 5.74) is 3.17. The van der Waals surface area contributed by atoms with Crippen molar-refractivity contribution in [2.75, 3.05) is 6.61 Å². The Morgan fingerprint density at radius 1 is 0.735 bits per heavy atom. The molecule has 0 N–H and O–H groups in total. The van der Waals surface area contributed by atoms with Crippen molar-refractivity contribution in [1.29, 1.82) is 0 Å². The molecule has 5 atom stereocenters. The minimum absolute atomic E-state index is 0.0725. The van der Waals surface area contributed by atoms with Crippen molar-refractivity contribution < 1.29 is 19.0 Å². The average molecular weight is 458 g/mol. The molecule has 3 aliphatic rings. The fourth-order valence-electron chi connectivity index (χ4n) is 5.80. The molecule has 0 unspecified atom stereocenters. The van der Waals surface area contributed by atoms with E-state index in [9.17, 15) is 0 Å². The van der Waals surface area contributed by atoms with E-state index in [0.717, 1.165) is 18.4 Å². The van der Waals surface area contributed by atoms with E-state index in [1.807, 2.05) is 30.3 Å². The molecule has 2 bridgehead atoms. The Bertz CT molecular complexity index is 1060. The van der Waals surface area contributed by atoms with Crippen LogP contribution in [0.15, 0.2) is 91.0 Å². The fraction of sp³-hybridized carbons (Fsp3) is 0.379. The number of nitrogens with zero attached hydrogens (tertiary/aromatic N) is 1. The van der Waals surface area contributed by atoms with E-state index in [2.05, 4.69) is 65.7 Å². The molecule has 3 aromatic carbocycles. The topological polar surface area (TPSA) is 40.2 Å². The average Bonchev–Trinajstić information content (AvgIpc) is 3.50. The van der Waals surface area contributed by atoms with Gasteiger partial charge in [0.1, 0.15) is 17.7 Å². The highest BCUT2D eigenvalue weighted by Gasteiger charge is 2.70. The van der Waals surface area contributed by atoms with E-state index >= 15 is 0 Å². The van der Waals surface area contributed by atoms with Crippen LogP contribution in [0, 0.1) is 0 Å². The molecule has 3 aromatic rings. The molecule has 0 amide bonds. The molecule has 0 radical (unpaired) electrons. The molecule has 3 heterocycles. The van der Waals surface area contributed by atoms with Crippen LogP contribution in [0.2, 0.25) is 0 Å². The smallest absolute Gasteiger partial charge is 0.109 e. The van der Waals surface area contributed by atoms with Gasteiger partial charge < -0.3 is 14.2 Å². The monoisotopic (exact) mass is 457 g/mol. The van der Waals surface area contributed by atoms with E-state index in [0.29, 0.717) is 26.4 Å². The number of hydroxylamine groups is 2. The van der Waals surface area contributed by atoms with Crippen molar-refractivity contribution in [1.82, 2.24) is 5.06 Å². The summed E-state index contributed by atoms with van der Waals surface area (Å²) in [4.78, 5) is 6.32. The molecular weight excluding hydrogens is 426 g/mol. The van der Waals surface area contributed by atoms with E-state index in [4.69, 9.17) is 19.0 Å². The second kappa shape index (κ2) is 9.61. The lowest BCUT2D eigenvalue weighted by Crippen LogP contribution is -2.53. The van der Waals surface area contributed by atoms with Crippen molar-refractivity contribution in [3.63, 3.8) is 0 Å². The third-order valence-corrected chi connectivity index (χ3v) is 7.32. The van der Waals surface area contributed by atoms with Crippen LogP contribution in [0.3, 0.4) is 0 Å². The second-order valence-corrected chi connectivity index (χ2v) is 9.62. The largest absolute Gasteiger partial charge is 0.375 e. The third kappa shape index (κ3) is 4.19. The van der Waals surface area contributed by atoms with Gasteiger partial charge in [0.2, 0.25) is 0 Å². The summed E-state index contributed by atoms with van der Waals surface area (Å²) in [6, 6.07) is 31.2. The van der Waals surface area contributed by atoms with E-state index in [1.54, 1.807) is 0 Å². The van der Waals surface area contributed by atoms with Crippen molar-refractivity contribution in [3.05, 3.63) is 108 Å². The van der Waals surface area contributed by atoms with E-state index < -0.39 is 0 Å². The number of benzene rings is 3. The Morgan fingerprint density at radius 3 is 1.88 bits per heavy atom. The van der Waals surface area contributed by atoms with E-state index in [1.165, 1.54) is 11.1 Å². The van der Waals surface area contributed by atoms with Crippen LogP contribution in [0.5, 0.6) is 0 Å². The lowest BCUT2D eigenvalue weighted by atomic mass is 9.88. The quantitative estimate of drug-likeness (QED) is 0.433. The molecule has 3 saturated heterocycles. The normalized spacial score (nSPS) is 29.6. The van der Waals surface area contributed by atoms with Gasteiger partial charge in [0, 0.05) is 6.42 Å². The highest BCUT2D eigenvalue weighted by atomic mass is 16.7. The summed E-state index contributed by atoms with van der Waals surface area (Å²) in [6.45, 7) is 2.24. The first kappa shape index (κ1) is 22.0. The highest BCUT2D eigenvalue weighted by molar-refractivity contribution is 5.21. The summed E-state index contributed by atoms with van der Waals surface area (Å²) in [5, 5.41) is 2.17. The van der Waals surface area contributed by atoms with Gasteiger partial charge in [-0.05, 0) is 23.1 Å². The molecule has 3 aliphatic heterocycles. The number of hydrogen-bond acceptors (Lipinski definition) is 5. The summed E-state index contributed by atoms with van der Waals surface area (Å²) in [6.07, 6.45) is 1.88. The molecule has 0 aliphatic carbocycles. The van der Waals surface area contributed by atoms with Crippen LogP contribution in [-0.4, -0.2) is 41.6 Å². The summed E-state index contributed by atoms with van der Waals surface area (Å²) >= 11 is 0. The van der Waals surface area contributed by atoms with Gasteiger partial charge in [0.15, 0.2) is 0 Å². The van der Waals surface area contributed by atoms with Gasteiger partial charge in [-0.15, -0.1) is 0 Å². The Morgan fingerprint density at radius 2 is 1.29 bits per heavy atom. The minimum Gasteiger partial charge on any atom is -0.375 e. The molecule has 0 saturated carbocycles. The molecule has 5 nitrogen and oxygen atoms in total. The van der Waals surface area contributed by atoms with E-state index in [-0.39, 0.29) is 29.9 Å². The lowest BCUT2D eigenvalue weighted by molar-refractivity contribution is -0.180. The molecule has 176 valence electrons. The molecule has 5 heteroatoms. The Balaban J connectivity index is 1.23.